The van der Waals surface area contributed by atoms with Gasteiger partial charge in [0.2, 0.25) is 0 Å². The normalized spacial score (nSPS) is 10.0. The second kappa shape index (κ2) is 7.69. The summed E-state index contributed by atoms with van der Waals surface area (Å²) in [5, 5.41) is 7.43. The van der Waals surface area contributed by atoms with Crippen molar-refractivity contribution in [2.24, 2.45) is 0 Å². The van der Waals surface area contributed by atoms with Crippen LogP contribution in [0.4, 0.5) is 8.78 Å². The first-order valence-electron chi connectivity index (χ1n) is 6.10. The molecule has 1 N–H and O–H groups in total. The van der Waals surface area contributed by atoms with Crippen molar-refractivity contribution in [3.63, 3.8) is 0 Å². The summed E-state index contributed by atoms with van der Waals surface area (Å²) < 4.78 is 27.3. The van der Waals surface area contributed by atoms with Gasteiger partial charge in [-0.05, 0) is 24.1 Å². The highest BCUT2D eigenvalue weighted by molar-refractivity contribution is 6.30. The van der Waals surface area contributed by atoms with Gasteiger partial charge in [0.1, 0.15) is 5.69 Å². The first-order valence-corrected chi connectivity index (χ1v) is 6.48. The van der Waals surface area contributed by atoms with Gasteiger partial charge < -0.3 is 5.11 Å². The van der Waals surface area contributed by atoms with E-state index in [1.54, 1.807) is 24.3 Å². The zero-order valence-corrected chi connectivity index (χ0v) is 12.2. The molecule has 0 saturated heterocycles. The van der Waals surface area contributed by atoms with E-state index in [9.17, 15) is 8.78 Å². The van der Waals surface area contributed by atoms with Crippen LogP contribution in [0, 0.1) is 11.6 Å². The maximum absolute atomic E-state index is 13.8. The highest BCUT2D eigenvalue weighted by Crippen LogP contribution is 2.26. The lowest BCUT2D eigenvalue weighted by Crippen LogP contribution is -2.01. The first kappa shape index (κ1) is 17.0. The Morgan fingerprint density at radius 1 is 1.24 bits per heavy atom. The van der Waals surface area contributed by atoms with Crippen LogP contribution in [0.15, 0.2) is 30.3 Å². The predicted octanol–water partition coefficient (Wildman–Crippen LogP) is 4.50. The Balaban J connectivity index is 0.000000677. The van der Waals surface area contributed by atoms with Crippen molar-refractivity contribution in [2.45, 2.75) is 19.8 Å². The fourth-order valence-electron chi connectivity index (χ4n) is 1.61. The molecular weight excluding hydrogens is 300 g/mol. The van der Waals surface area contributed by atoms with Gasteiger partial charge in [0, 0.05) is 16.3 Å². The smallest absolute Gasteiger partial charge is 0.290 e. The summed E-state index contributed by atoms with van der Waals surface area (Å²) in [7, 11) is 0. The van der Waals surface area contributed by atoms with Crippen LogP contribution in [-0.4, -0.2) is 16.6 Å². The molecule has 0 unspecified atom stereocenters. The molecule has 3 nitrogen and oxygen atoms in total. The van der Waals surface area contributed by atoms with Crippen molar-refractivity contribution in [2.75, 3.05) is 0 Å². The van der Waals surface area contributed by atoms with Crippen molar-refractivity contribution in [3.8, 4) is 11.3 Å². The number of rotatable bonds is 2. The number of hydrogen-bond donors (Lipinski definition) is 1. The molecule has 0 radical (unpaired) electrons. The number of halogens is 3. The molecule has 21 heavy (non-hydrogen) atoms. The quantitative estimate of drug-likeness (QED) is 0.830. The minimum atomic E-state index is -0.929. The third kappa shape index (κ3) is 4.49. The zero-order chi connectivity index (χ0) is 16.0. The number of benzene rings is 1. The number of nitrogens with zero attached hydrogens (tertiary/aromatic N) is 1. The molecule has 6 heteroatoms. The van der Waals surface area contributed by atoms with E-state index < -0.39 is 11.6 Å². The van der Waals surface area contributed by atoms with Crippen molar-refractivity contribution in [1.29, 1.82) is 0 Å². The van der Waals surface area contributed by atoms with Crippen LogP contribution >= 0.6 is 11.6 Å². The molecule has 0 aliphatic rings. The van der Waals surface area contributed by atoms with Crippen LogP contribution in [0.1, 0.15) is 25.5 Å². The van der Waals surface area contributed by atoms with E-state index in [1.807, 2.05) is 13.8 Å². The SMILES string of the molecule is CC(C)c1cc(F)c(F)c(-c2ccc(Cl)cc2)n1.O=CO. The van der Waals surface area contributed by atoms with Gasteiger partial charge in [-0.3, -0.25) is 4.79 Å². The maximum Gasteiger partial charge on any atom is 0.290 e. The minimum Gasteiger partial charge on any atom is -0.483 e. The molecule has 0 spiro atoms. The highest BCUT2D eigenvalue weighted by atomic mass is 35.5. The van der Waals surface area contributed by atoms with Gasteiger partial charge >= 0.3 is 0 Å². The van der Waals surface area contributed by atoms with Gasteiger partial charge in [0.25, 0.3) is 6.47 Å². The number of carbonyl (C=O) groups is 1. The summed E-state index contributed by atoms with van der Waals surface area (Å²) >= 11 is 5.76. The van der Waals surface area contributed by atoms with Gasteiger partial charge in [-0.1, -0.05) is 37.6 Å². The van der Waals surface area contributed by atoms with Crippen LogP contribution in [0.5, 0.6) is 0 Å². The van der Waals surface area contributed by atoms with E-state index in [0.29, 0.717) is 16.3 Å². The lowest BCUT2D eigenvalue weighted by atomic mass is 10.1. The third-order valence-corrected chi connectivity index (χ3v) is 2.89. The molecular formula is C15H14ClF2NO2. The summed E-state index contributed by atoms with van der Waals surface area (Å²) in [5.74, 6) is -1.77. The fraction of sp³-hybridized carbons (Fsp3) is 0.200. The van der Waals surface area contributed by atoms with Gasteiger partial charge in [0.05, 0.1) is 0 Å². The second-order valence-corrected chi connectivity index (χ2v) is 4.89. The standard InChI is InChI=1S/C14H12ClF2N.CH2O2/c1-8(2)12-7-11(16)13(17)14(18-12)9-3-5-10(15)6-4-9;2-1-3/h3-8H,1-2H3;1H,(H,2,3). The van der Waals surface area contributed by atoms with Crippen molar-refractivity contribution < 1.29 is 18.7 Å². The third-order valence-electron chi connectivity index (χ3n) is 2.64. The summed E-state index contributed by atoms with van der Waals surface area (Å²) in [6, 6.07) is 7.63. The molecule has 0 aliphatic carbocycles. The Kier molecular flexibility index (Phi) is 6.24. The molecule has 0 amide bonds. The molecule has 0 aliphatic heterocycles. The number of aromatic nitrogens is 1. The van der Waals surface area contributed by atoms with Crippen molar-refractivity contribution in [3.05, 3.63) is 52.7 Å². The van der Waals surface area contributed by atoms with Crippen LogP contribution < -0.4 is 0 Å². The lowest BCUT2D eigenvalue weighted by molar-refractivity contribution is -0.122. The van der Waals surface area contributed by atoms with Crippen LogP contribution in [0.3, 0.4) is 0 Å². The molecule has 0 fully saturated rings. The fourth-order valence-corrected chi connectivity index (χ4v) is 1.74. The summed E-state index contributed by atoms with van der Waals surface area (Å²) in [6.07, 6.45) is 0. The highest BCUT2D eigenvalue weighted by Gasteiger charge is 2.15. The van der Waals surface area contributed by atoms with Gasteiger partial charge in [-0.25, -0.2) is 13.8 Å². The van der Waals surface area contributed by atoms with Crippen LogP contribution in [-0.2, 0) is 4.79 Å². The zero-order valence-electron chi connectivity index (χ0n) is 11.5. The molecule has 0 bridgehead atoms. The average molecular weight is 314 g/mol. The molecule has 0 saturated carbocycles. The second-order valence-electron chi connectivity index (χ2n) is 4.46. The van der Waals surface area contributed by atoms with Crippen LogP contribution in [0.25, 0.3) is 11.3 Å². The monoisotopic (exact) mass is 313 g/mol. The maximum atomic E-state index is 13.8. The topological polar surface area (TPSA) is 50.2 Å². The van der Waals surface area contributed by atoms with Crippen LogP contribution in [0.2, 0.25) is 5.02 Å². The Morgan fingerprint density at radius 2 is 1.76 bits per heavy atom. The largest absolute Gasteiger partial charge is 0.483 e. The van der Waals surface area contributed by atoms with Crippen molar-refractivity contribution >= 4 is 18.1 Å². The summed E-state index contributed by atoms with van der Waals surface area (Å²) in [6.45, 7) is 3.51. The van der Waals surface area contributed by atoms with E-state index in [-0.39, 0.29) is 18.1 Å². The first-order chi connectivity index (χ1) is 9.90. The summed E-state index contributed by atoms with van der Waals surface area (Å²) in [5.41, 5.74) is 1.06. The average Bonchev–Trinajstić information content (AvgIpc) is 2.43. The molecule has 2 rings (SSSR count). The number of carboxylic acid groups (broad SMARTS) is 1. The predicted molar refractivity (Wildman–Crippen MR) is 77.4 cm³/mol. The van der Waals surface area contributed by atoms with E-state index >= 15 is 0 Å². The van der Waals surface area contributed by atoms with Gasteiger partial charge in [-0.15, -0.1) is 0 Å². The number of hydrogen-bond acceptors (Lipinski definition) is 2. The Bertz CT molecular complexity index is 616. The lowest BCUT2D eigenvalue weighted by Gasteiger charge is -2.09. The van der Waals surface area contributed by atoms with E-state index in [1.165, 1.54) is 0 Å². The molecule has 1 heterocycles. The molecule has 1 aromatic carbocycles. The van der Waals surface area contributed by atoms with Gasteiger partial charge in [0.15, 0.2) is 11.6 Å². The minimum absolute atomic E-state index is 0.0235. The molecule has 112 valence electrons. The van der Waals surface area contributed by atoms with E-state index in [0.717, 1.165) is 6.07 Å². The van der Waals surface area contributed by atoms with Crippen molar-refractivity contribution in [1.82, 2.24) is 4.98 Å². The Labute approximate surface area is 126 Å². The van der Waals surface area contributed by atoms with E-state index in [2.05, 4.69) is 4.98 Å². The van der Waals surface area contributed by atoms with Gasteiger partial charge in [-0.2, -0.15) is 0 Å². The molecule has 0 atom stereocenters. The molecule has 1 aromatic heterocycles. The summed E-state index contributed by atoms with van der Waals surface area (Å²) in [4.78, 5) is 12.5. The Hall–Kier alpha value is -2.01. The van der Waals surface area contributed by atoms with E-state index in [4.69, 9.17) is 21.5 Å². The molecule has 2 aromatic rings. The Morgan fingerprint density at radius 3 is 2.24 bits per heavy atom. The number of pyridine rings is 1.